The third-order valence-electron chi connectivity index (χ3n) is 4.95. The van der Waals surface area contributed by atoms with Gasteiger partial charge in [-0.3, -0.25) is 14.0 Å². The maximum absolute atomic E-state index is 13.3. The van der Waals surface area contributed by atoms with Crippen LogP contribution in [0, 0.1) is 11.3 Å². The number of pyridine rings is 1. The Morgan fingerprint density at radius 2 is 1.88 bits per heavy atom. The fraction of sp³-hybridized carbons (Fsp3) is 0.217. The predicted octanol–water partition coefficient (Wildman–Crippen LogP) is 2.26. The van der Waals surface area contributed by atoms with Gasteiger partial charge in [-0.2, -0.15) is 10.2 Å². The molecule has 0 saturated carbocycles. The van der Waals surface area contributed by atoms with E-state index in [2.05, 4.69) is 4.98 Å². The van der Waals surface area contributed by atoms with Crippen molar-refractivity contribution in [2.45, 2.75) is 0 Å². The van der Waals surface area contributed by atoms with Gasteiger partial charge in [0, 0.05) is 19.3 Å². The maximum Gasteiger partial charge on any atom is 0.269 e. The minimum atomic E-state index is -0.475. The molecule has 0 bridgehead atoms. The summed E-state index contributed by atoms with van der Waals surface area (Å²) in [6.07, 6.45) is 2.79. The largest absolute Gasteiger partial charge is 0.493 e. The van der Waals surface area contributed by atoms with E-state index < -0.39 is 11.5 Å². The van der Waals surface area contributed by atoms with E-state index in [1.54, 1.807) is 48.7 Å². The summed E-state index contributed by atoms with van der Waals surface area (Å²) in [5.74, 6) is 0.280. The summed E-state index contributed by atoms with van der Waals surface area (Å²) in [4.78, 5) is 32.1. The predicted molar refractivity (Wildman–Crippen MR) is 116 cm³/mol. The van der Waals surface area contributed by atoms with Crippen molar-refractivity contribution in [3.8, 4) is 23.4 Å². The van der Waals surface area contributed by atoms with Gasteiger partial charge in [0.05, 0.1) is 20.3 Å². The number of nitriles is 1. The smallest absolute Gasteiger partial charge is 0.269 e. The summed E-state index contributed by atoms with van der Waals surface area (Å²) in [5.41, 5.74) is -0.315. The van der Waals surface area contributed by atoms with Crippen LogP contribution in [0.2, 0.25) is 0 Å². The van der Waals surface area contributed by atoms with Gasteiger partial charge < -0.3 is 19.1 Å². The molecule has 162 valence electrons. The molecule has 2 aromatic heterocycles. The zero-order valence-corrected chi connectivity index (χ0v) is 17.4. The fourth-order valence-corrected chi connectivity index (χ4v) is 3.31. The van der Waals surface area contributed by atoms with Crippen molar-refractivity contribution in [3.05, 3.63) is 70.2 Å². The quantitative estimate of drug-likeness (QED) is 0.450. The highest BCUT2D eigenvalue weighted by molar-refractivity contribution is 6.02. The first kappa shape index (κ1) is 21.1. The maximum atomic E-state index is 13.3. The molecule has 1 fully saturated rings. The minimum absolute atomic E-state index is 0.0160. The second kappa shape index (κ2) is 9.32. The summed E-state index contributed by atoms with van der Waals surface area (Å²) >= 11 is 0. The van der Waals surface area contributed by atoms with Crippen LogP contribution in [-0.2, 0) is 9.53 Å². The molecule has 0 atom stereocenters. The highest BCUT2D eigenvalue weighted by atomic mass is 16.5. The van der Waals surface area contributed by atoms with E-state index >= 15 is 0 Å². The van der Waals surface area contributed by atoms with Crippen LogP contribution in [0.25, 0.3) is 11.7 Å². The highest BCUT2D eigenvalue weighted by Gasteiger charge is 2.23. The average molecular weight is 432 g/mol. The summed E-state index contributed by atoms with van der Waals surface area (Å²) in [7, 11) is 1.50. The molecule has 1 aliphatic heterocycles. The molecule has 1 saturated heterocycles. The van der Waals surface area contributed by atoms with E-state index in [9.17, 15) is 14.9 Å². The molecule has 0 N–H and O–H groups in total. The third kappa shape index (κ3) is 4.17. The molecule has 4 rings (SSSR count). The van der Waals surface area contributed by atoms with Crippen molar-refractivity contribution in [1.82, 2.24) is 14.3 Å². The third-order valence-corrected chi connectivity index (χ3v) is 4.95. The molecule has 1 aliphatic rings. The van der Waals surface area contributed by atoms with Crippen LogP contribution in [0.3, 0.4) is 0 Å². The molecule has 1 amide bonds. The summed E-state index contributed by atoms with van der Waals surface area (Å²) in [6, 6.07) is 13.9. The van der Waals surface area contributed by atoms with Gasteiger partial charge in [-0.15, -0.1) is 0 Å². The van der Waals surface area contributed by atoms with Crippen molar-refractivity contribution in [2.24, 2.45) is 0 Å². The number of hydrogen-bond donors (Lipinski definition) is 0. The van der Waals surface area contributed by atoms with E-state index in [0.29, 0.717) is 43.4 Å². The fourth-order valence-electron chi connectivity index (χ4n) is 3.31. The van der Waals surface area contributed by atoms with Gasteiger partial charge in [-0.05, 0) is 30.3 Å². The Bertz CT molecular complexity index is 1290. The van der Waals surface area contributed by atoms with E-state index in [1.165, 1.54) is 22.5 Å². The van der Waals surface area contributed by atoms with Crippen LogP contribution in [0.5, 0.6) is 17.4 Å². The zero-order chi connectivity index (χ0) is 22.5. The van der Waals surface area contributed by atoms with E-state index in [0.717, 1.165) is 0 Å². The number of carbonyl (C=O) groups excluding carboxylic acids is 1. The Morgan fingerprint density at radius 3 is 2.59 bits per heavy atom. The lowest BCUT2D eigenvalue weighted by Gasteiger charge is -2.26. The topological polar surface area (TPSA) is 106 Å². The van der Waals surface area contributed by atoms with E-state index in [-0.39, 0.29) is 17.0 Å². The molecule has 32 heavy (non-hydrogen) atoms. The first-order valence-electron chi connectivity index (χ1n) is 9.93. The van der Waals surface area contributed by atoms with Gasteiger partial charge in [-0.1, -0.05) is 18.2 Å². The summed E-state index contributed by atoms with van der Waals surface area (Å²) < 4.78 is 17.9. The number of aromatic nitrogens is 2. The first-order valence-corrected chi connectivity index (χ1v) is 9.93. The SMILES string of the molecule is COc1ccccc1Oc1nc2ccccn2c(=O)c1C=C(C#N)C(=O)N1CCOCC1. The first-order chi connectivity index (χ1) is 15.6. The number of methoxy groups -OCH3 is 1. The zero-order valence-electron chi connectivity index (χ0n) is 17.4. The van der Waals surface area contributed by atoms with E-state index in [1.807, 2.05) is 6.07 Å². The Hall–Kier alpha value is -4.16. The molecular weight excluding hydrogens is 412 g/mol. The molecule has 3 aromatic rings. The number of carbonyl (C=O) groups is 1. The number of amides is 1. The van der Waals surface area contributed by atoms with Gasteiger partial charge in [0.1, 0.15) is 22.9 Å². The Kier molecular flexibility index (Phi) is 6.14. The molecule has 9 nitrogen and oxygen atoms in total. The Balaban J connectivity index is 1.85. The number of hydrogen-bond acceptors (Lipinski definition) is 7. The normalized spacial score (nSPS) is 14.1. The number of nitrogens with zero attached hydrogens (tertiary/aromatic N) is 4. The molecule has 3 heterocycles. The van der Waals surface area contributed by atoms with Gasteiger partial charge in [0.15, 0.2) is 11.5 Å². The van der Waals surface area contributed by atoms with Crippen LogP contribution >= 0.6 is 0 Å². The standard InChI is InChI=1S/C23H20N4O5/c1-30-18-6-2-3-7-19(18)32-21-17(23(29)27-9-5-4-8-20(27)25-21)14-16(15-24)22(28)26-10-12-31-13-11-26/h2-9,14H,10-13H2,1H3. The second-order valence-electron chi connectivity index (χ2n) is 6.89. The van der Waals surface area contributed by atoms with Gasteiger partial charge in [-0.25, -0.2) is 0 Å². The lowest BCUT2D eigenvalue weighted by atomic mass is 10.1. The molecule has 0 radical (unpaired) electrons. The number of fused-ring (bicyclic) bond motifs is 1. The molecule has 0 spiro atoms. The average Bonchev–Trinajstić information content (AvgIpc) is 2.84. The molecule has 0 aliphatic carbocycles. The van der Waals surface area contributed by atoms with Gasteiger partial charge in [0.25, 0.3) is 11.5 Å². The lowest BCUT2D eigenvalue weighted by molar-refractivity contribution is -0.130. The minimum Gasteiger partial charge on any atom is -0.493 e. The van der Waals surface area contributed by atoms with Crippen molar-refractivity contribution in [2.75, 3.05) is 33.4 Å². The number of benzene rings is 1. The molecule has 1 aromatic carbocycles. The van der Waals surface area contributed by atoms with Crippen molar-refractivity contribution in [1.29, 1.82) is 5.26 Å². The van der Waals surface area contributed by atoms with Crippen LogP contribution in [0.15, 0.2) is 59.0 Å². The van der Waals surface area contributed by atoms with Crippen molar-refractivity contribution < 1.29 is 19.0 Å². The Labute approximate surface area is 183 Å². The van der Waals surface area contributed by atoms with Crippen molar-refractivity contribution in [3.63, 3.8) is 0 Å². The molecule has 9 heteroatoms. The number of morpholine rings is 1. The lowest BCUT2D eigenvalue weighted by Crippen LogP contribution is -2.41. The molecule has 0 unspecified atom stereocenters. The highest BCUT2D eigenvalue weighted by Crippen LogP contribution is 2.31. The number of para-hydroxylation sites is 2. The van der Waals surface area contributed by atoms with Gasteiger partial charge >= 0.3 is 0 Å². The number of ether oxygens (including phenoxy) is 3. The molecular formula is C23H20N4O5. The van der Waals surface area contributed by atoms with Gasteiger partial charge in [0.2, 0.25) is 5.88 Å². The second-order valence-corrected chi connectivity index (χ2v) is 6.89. The van der Waals surface area contributed by atoms with Crippen LogP contribution in [0.4, 0.5) is 0 Å². The summed E-state index contributed by atoms with van der Waals surface area (Å²) in [6.45, 7) is 1.54. The Morgan fingerprint density at radius 1 is 1.16 bits per heavy atom. The van der Waals surface area contributed by atoms with E-state index in [4.69, 9.17) is 14.2 Å². The summed E-state index contributed by atoms with van der Waals surface area (Å²) in [5, 5.41) is 9.67. The van der Waals surface area contributed by atoms with Crippen molar-refractivity contribution >= 4 is 17.6 Å². The number of rotatable bonds is 5. The van der Waals surface area contributed by atoms with Crippen LogP contribution < -0.4 is 15.0 Å². The van der Waals surface area contributed by atoms with Crippen LogP contribution in [-0.4, -0.2) is 53.6 Å². The van der Waals surface area contributed by atoms with Crippen LogP contribution in [0.1, 0.15) is 5.56 Å². The monoisotopic (exact) mass is 432 g/mol.